The van der Waals surface area contributed by atoms with E-state index in [-0.39, 0.29) is 11.8 Å². The van der Waals surface area contributed by atoms with Crippen LogP contribution in [0.1, 0.15) is 41.0 Å². The maximum Gasteiger partial charge on any atom is 0.229 e. The highest BCUT2D eigenvalue weighted by molar-refractivity contribution is 7.22. The largest absolute Gasteiger partial charge is 0.379 e. The van der Waals surface area contributed by atoms with Crippen molar-refractivity contribution in [3.8, 4) is 0 Å². The SMILES string of the molecule is Cc1cc(C)c2sc(N(CCCN3CCOCC3)C(=O)CC(c3ccccc3)c3ccccc3)nc2c1. The molecule has 0 bridgehead atoms. The summed E-state index contributed by atoms with van der Waals surface area (Å²) in [6, 6.07) is 25.1. The summed E-state index contributed by atoms with van der Waals surface area (Å²) in [6.45, 7) is 9.32. The minimum atomic E-state index is -0.00463. The normalized spacial score (nSPS) is 14.4. The molecule has 2 heterocycles. The summed E-state index contributed by atoms with van der Waals surface area (Å²) in [6.07, 6.45) is 1.31. The summed E-state index contributed by atoms with van der Waals surface area (Å²) in [5.74, 6) is 0.114. The molecule has 1 aliphatic heterocycles. The van der Waals surface area contributed by atoms with Gasteiger partial charge in [-0.15, -0.1) is 0 Å². The predicted octanol–water partition coefficient (Wildman–Crippen LogP) is 6.19. The smallest absolute Gasteiger partial charge is 0.229 e. The summed E-state index contributed by atoms with van der Waals surface area (Å²) < 4.78 is 6.66. The van der Waals surface area contributed by atoms with Gasteiger partial charge in [0.2, 0.25) is 5.91 Å². The van der Waals surface area contributed by atoms with Crippen molar-refractivity contribution in [2.24, 2.45) is 0 Å². The Labute approximate surface area is 223 Å². The number of nitrogens with zero attached hydrogens (tertiary/aromatic N) is 3. The number of morpholine rings is 1. The van der Waals surface area contributed by atoms with Crippen molar-refractivity contribution in [1.82, 2.24) is 9.88 Å². The fraction of sp³-hybridized carbons (Fsp3) is 0.355. The number of amides is 1. The number of benzene rings is 3. The van der Waals surface area contributed by atoms with Gasteiger partial charge in [0.05, 0.1) is 23.4 Å². The highest BCUT2D eigenvalue weighted by atomic mass is 32.1. The zero-order chi connectivity index (χ0) is 25.6. The number of aromatic nitrogens is 1. The Balaban J connectivity index is 1.43. The molecule has 4 aromatic rings. The van der Waals surface area contributed by atoms with E-state index in [0.717, 1.165) is 65.7 Å². The van der Waals surface area contributed by atoms with Crippen molar-refractivity contribution in [3.05, 3.63) is 95.1 Å². The molecule has 5 rings (SSSR count). The second-order valence-electron chi connectivity index (χ2n) is 9.86. The van der Waals surface area contributed by atoms with Crippen LogP contribution in [0.25, 0.3) is 10.2 Å². The molecule has 192 valence electrons. The predicted molar refractivity (Wildman–Crippen MR) is 153 cm³/mol. The second-order valence-corrected chi connectivity index (χ2v) is 10.8. The van der Waals surface area contributed by atoms with Gasteiger partial charge in [-0.2, -0.15) is 0 Å². The lowest BCUT2D eigenvalue weighted by molar-refractivity contribution is -0.118. The molecule has 1 amide bonds. The van der Waals surface area contributed by atoms with Crippen LogP contribution in [0.2, 0.25) is 0 Å². The molecule has 0 N–H and O–H groups in total. The van der Waals surface area contributed by atoms with Gasteiger partial charge in [0.1, 0.15) is 0 Å². The molecule has 1 aromatic heterocycles. The number of thiazole rings is 1. The van der Waals surface area contributed by atoms with E-state index in [4.69, 9.17) is 9.72 Å². The molecule has 0 unspecified atom stereocenters. The lowest BCUT2D eigenvalue weighted by Crippen LogP contribution is -2.39. The highest BCUT2D eigenvalue weighted by Crippen LogP contribution is 2.34. The first-order chi connectivity index (χ1) is 18.1. The van der Waals surface area contributed by atoms with Crippen LogP contribution in [-0.4, -0.2) is 55.2 Å². The molecule has 0 atom stereocenters. The molecule has 37 heavy (non-hydrogen) atoms. The van der Waals surface area contributed by atoms with Gasteiger partial charge in [-0.25, -0.2) is 4.98 Å². The van der Waals surface area contributed by atoms with Gasteiger partial charge in [0.15, 0.2) is 5.13 Å². The van der Waals surface area contributed by atoms with Gasteiger partial charge in [-0.3, -0.25) is 14.6 Å². The van der Waals surface area contributed by atoms with Crippen LogP contribution < -0.4 is 4.90 Å². The number of ether oxygens (including phenoxy) is 1. The molecule has 0 saturated carbocycles. The van der Waals surface area contributed by atoms with E-state index in [0.29, 0.717) is 13.0 Å². The van der Waals surface area contributed by atoms with Crippen molar-refractivity contribution in [1.29, 1.82) is 0 Å². The summed E-state index contributed by atoms with van der Waals surface area (Å²) in [7, 11) is 0. The molecule has 1 saturated heterocycles. The maximum atomic E-state index is 14.1. The van der Waals surface area contributed by atoms with E-state index in [9.17, 15) is 4.79 Å². The van der Waals surface area contributed by atoms with Crippen molar-refractivity contribution in [3.63, 3.8) is 0 Å². The third-order valence-corrected chi connectivity index (χ3v) is 8.31. The second kappa shape index (κ2) is 12.0. The average molecular weight is 514 g/mol. The van der Waals surface area contributed by atoms with Crippen molar-refractivity contribution in [2.45, 2.75) is 32.6 Å². The standard InChI is InChI=1S/C31H35N3O2S/c1-23-20-24(2)30-28(21-23)32-31(37-30)34(15-9-14-33-16-18-36-19-17-33)29(35)22-27(25-10-5-3-6-11-25)26-12-7-4-8-13-26/h3-8,10-13,20-21,27H,9,14-19,22H2,1-2H3. The number of hydrogen-bond acceptors (Lipinski definition) is 5. The minimum absolute atomic E-state index is 0.00463. The third-order valence-electron chi connectivity index (χ3n) is 7.08. The average Bonchev–Trinajstić information content (AvgIpc) is 3.35. The molecule has 6 heteroatoms. The summed E-state index contributed by atoms with van der Waals surface area (Å²) in [4.78, 5) is 23.4. The Hall–Kier alpha value is -3.06. The zero-order valence-corrected chi connectivity index (χ0v) is 22.5. The minimum Gasteiger partial charge on any atom is -0.379 e. The van der Waals surface area contributed by atoms with Gasteiger partial charge in [0.25, 0.3) is 0 Å². The van der Waals surface area contributed by atoms with Crippen LogP contribution >= 0.6 is 11.3 Å². The molecule has 0 aliphatic carbocycles. The molecule has 5 nitrogen and oxygen atoms in total. The molecular weight excluding hydrogens is 478 g/mol. The van der Waals surface area contributed by atoms with Gasteiger partial charge >= 0.3 is 0 Å². The molecule has 0 radical (unpaired) electrons. The highest BCUT2D eigenvalue weighted by Gasteiger charge is 2.25. The van der Waals surface area contributed by atoms with Crippen molar-refractivity contribution < 1.29 is 9.53 Å². The Kier molecular flexibility index (Phi) is 8.29. The molecule has 3 aromatic carbocycles. The number of anilines is 1. The van der Waals surface area contributed by atoms with Crippen LogP contribution in [0, 0.1) is 13.8 Å². The molecule has 0 spiro atoms. The van der Waals surface area contributed by atoms with Gasteiger partial charge in [-0.05, 0) is 48.6 Å². The maximum absolute atomic E-state index is 14.1. The fourth-order valence-electron chi connectivity index (χ4n) is 5.17. The van der Waals surface area contributed by atoms with Crippen molar-refractivity contribution in [2.75, 3.05) is 44.3 Å². The van der Waals surface area contributed by atoms with Crippen LogP contribution in [0.4, 0.5) is 5.13 Å². The van der Waals surface area contributed by atoms with Crippen LogP contribution in [0.15, 0.2) is 72.8 Å². The molecular formula is C31H35N3O2S. The van der Waals surface area contributed by atoms with E-state index < -0.39 is 0 Å². The Morgan fingerprint density at radius 3 is 2.30 bits per heavy atom. The monoisotopic (exact) mass is 513 g/mol. The Bertz CT molecular complexity index is 1280. The number of fused-ring (bicyclic) bond motifs is 1. The molecule has 1 fully saturated rings. The van der Waals surface area contributed by atoms with E-state index in [1.807, 2.05) is 17.0 Å². The van der Waals surface area contributed by atoms with E-state index in [1.165, 1.54) is 11.1 Å². The number of hydrogen-bond donors (Lipinski definition) is 0. The first-order valence-electron chi connectivity index (χ1n) is 13.2. The van der Waals surface area contributed by atoms with Crippen LogP contribution in [-0.2, 0) is 9.53 Å². The van der Waals surface area contributed by atoms with E-state index in [2.05, 4.69) is 79.4 Å². The quantitative estimate of drug-likeness (QED) is 0.268. The lowest BCUT2D eigenvalue weighted by atomic mass is 9.88. The van der Waals surface area contributed by atoms with Gasteiger partial charge < -0.3 is 4.74 Å². The van der Waals surface area contributed by atoms with E-state index >= 15 is 0 Å². The first-order valence-corrected chi connectivity index (χ1v) is 14.0. The topological polar surface area (TPSA) is 45.7 Å². The molecule has 1 aliphatic rings. The van der Waals surface area contributed by atoms with E-state index in [1.54, 1.807) is 11.3 Å². The van der Waals surface area contributed by atoms with Gasteiger partial charge in [-0.1, -0.05) is 78.1 Å². The van der Waals surface area contributed by atoms with Crippen LogP contribution in [0.5, 0.6) is 0 Å². The summed E-state index contributed by atoms with van der Waals surface area (Å²) in [5.41, 5.74) is 5.70. The lowest BCUT2D eigenvalue weighted by Gasteiger charge is -2.28. The number of aryl methyl sites for hydroxylation is 2. The number of carbonyl (C=O) groups excluding carboxylic acids is 1. The van der Waals surface area contributed by atoms with Crippen LogP contribution in [0.3, 0.4) is 0 Å². The fourth-order valence-corrected chi connectivity index (χ4v) is 6.23. The Morgan fingerprint density at radius 1 is 1.00 bits per heavy atom. The summed E-state index contributed by atoms with van der Waals surface area (Å²) in [5, 5.41) is 0.801. The number of carbonyl (C=O) groups is 1. The third kappa shape index (κ3) is 6.27. The first kappa shape index (κ1) is 25.6. The number of rotatable bonds is 9. The summed E-state index contributed by atoms with van der Waals surface area (Å²) >= 11 is 1.63. The Morgan fingerprint density at radius 2 is 1.65 bits per heavy atom. The van der Waals surface area contributed by atoms with Crippen molar-refractivity contribution >= 4 is 32.6 Å². The zero-order valence-electron chi connectivity index (χ0n) is 21.7. The van der Waals surface area contributed by atoms with Gasteiger partial charge in [0, 0.05) is 38.5 Å².